The molecule has 10 heteroatoms. The monoisotopic (exact) mass is 522 g/mol. The van der Waals surface area contributed by atoms with Gasteiger partial charge in [-0.25, -0.2) is 4.98 Å². The number of piperidine rings is 1. The maximum absolute atomic E-state index is 12.9. The van der Waals surface area contributed by atoms with Crippen molar-refractivity contribution < 1.29 is 19.2 Å². The zero-order valence-corrected chi connectivity index (χ0v) is 21.3. The van der Waals surface area contributed by atoms with Gasteiger partial charge in [-0.15, -0.1) is 0 Å². The number of nitrogens with zero attached hydrogens (tertiary/aromatic N) is 3. The number of aryl methyl sites for hydroxylation is 1. The molecule has 1 aliphatic heterocycles. The van der Waals surface area contributed by atoms with Crippen LogP contribution in [0.25, 0.3) is 0 Å². The van der Waals surface area contributed by atoms with Gasteiger partial charge in [0.15, 0.2) is 0 Å². The van der Waals surface area contributed by atoms with Gasteiger partial charge in [0.2, 0.25) is 5.91 Å². The minimum absolute atomic E-state index is 0.102. The average molecular weight is 523 g/mol. The van der Waals surface area contributed by atoms with Crippen molar-refractivity contribution in [3.8, 4) is 5.75 Å². The third kappa shape index (κ3) is 6.24. The molecular formula is C27H27ClN4O5. The number of nitro groups is 1. The van der Waals surface area contributed by atoms with Gasteiger partial charge in [-0.2, -0.15) is 0 Å². The van der Waals surface area contributed by atoms with E-state index in [1.807, 2.05) is 36.1 Å². The van der Waals surface area contributed by atoms with E-state index in [2.05, 4.69) is 10.3 Å². The van der Waals surface area contributed by atoms with Crippen LogP contribution < -0.4 is 10.1 Å². The molecule has 4 rings (SSSR count). The SMILES string of the molecule is COc1ccc(CC(=O)Nc2ccc(C3CCN(C(=O)c4cc(C)cnc4Cl)CC3)cc2)c([N+](=O)[O-])c1. The van der Waals surface area contributed by atoms with E-state index in [0.717, 1.165) is 24.0 Å². The number of anilines is 1. The number of carbonyl (C=O) groups is 2. The molecule has 1 saturated heterocycles. The smallest absolute Gasteiger partial charge is 0.276 e. The summed E-state index contributed by atoms with van der Waals surface area (Å²) in [4.78, 5) is 42.2. The van der Waals surface area contributed by atoms with E-state index in [0.29, 0.717) is 41.6 Å². The van der Waals surface area contributed by atoms with Crippen molar-refractivity contribution in [2.45, 2.75) is 32.1 Å². The Kier molecular flexibility index (Phi) is 8.03. The number of halogens is 1. The number of nitrogens with one attached hydrogen (secondary N) is 1. The highest BCUT2D eigenvalue weighted by molar-refractivity contribution is 6.32. The molecule has 192 valence electrons. The Balaban J connectivity index is 1.33. The lowest BCUT2D eigenvalue weighted by atomic mass is 9.89. The topological polar surface area (TPSA) is 115 Å². The van der Waals surface area contributed by atoms with Gasteiger partial charge in [0.25, 0.3) is 11.6 Å². The molecule has 0 unspecified atom stereocenters. The van der Waals surface area contributed by atoms with Gasteiger partial charge < -0.3 is 15.0 Å². The number of rotatable bonds is 7. The summed E-state index contributed by atoms with van der Waals surface area (Å²) < 4.78 is 5.04. The minimum Gasteiger partial charge on any atom is -0.497 e. The van der Waals surface area contributed by atoms with E-state index >= 15 is 0 Å². The summed E-state index contributed by atoms with van der Waals surface area (Å²) in [6.45, 7) is 3.11. The second-order valence-corrected chi connectivity index (χ2v) is 9.37. The number of aromatic nitrogens is 1. The Morgan fingerprint density at radius 3 is 2.51 bits per heavy atom. The van der Waals surface area contributed by atoms with Crippen molar-refractivity contribution in [1.29, 1.82) is 0 Å². The molecule has 1 fully saturated rings. The summed E-state index contributed by atoms with van der Waals surface area (Å²) in [7, 11) is 1.43. The largest absolute Gasteiger partial charge is 0.497 e. The van der Waals surface area contributed by atoms with Crippen molar-refractivity contribution in [3.63, 3.8) is 0 Å². The summed E-state index contributed by atoms with van der Waals surface area (Å²) in [6.07, 6.45) is 3.14. The van der Waals surface area contributed by atoms with Crippen LogP contribution in [-0.4, -0.2) is 46.8 Å². The molecule has 0 spiro atoms. The summed E-state index contributed by atoms with van der Waals surface area (Å²) in [6, 6.07) is 13.8. The van der Waals surface area contributed by atoms with Crippen LogP contribution in [0.2, 0.25) is 5.15 Å². The highest BCUT2D eigenvalue weighted by Gasteiger charge is 2.26. The number of likely N-dealkylation sites (tertiary alicyclic amines) is 1. The van der Waals surface area contributed by atoms with Gasteiger partial charge in [-0.05, 0) is 67.1 Å². The maximum Gasteiger partial charge on any atom is 0.276 e. The normalized spacial score (nSPS) is 13.8. The zero-order valence-electron chi connectivity index (χ0n) is 20.6. The molecule has 1 aromatic heterocycles. The Morgan fingerprint density at radius 2 is 1.86 bits per heavy atom. The highest BCUT2D eigenvalue weighted by atomic mass is 35.5. The number of ether oxygens (including phenoxy) is 1. The van der Waals surface area contributed by atoms with Crippen molar-refractivity contribution in [2.75, 3.05) is 25.5 Å². The zero-order chi connectivity index (χ0) is 26.5. The van der Waals surface area contributed by atoms with E-state index in [4.69, 9.17) is 16.3 Å². The predicted octanol–water partition coefficient (Wildman–Crippen LogP) is 5.16. The van der Waals surface area contributed by atoms with Crippen LogP contribution in [0.1, 0.15) is 45.8 Å². The molecule has 1 N–H and O–H groups in total. The maximum atomic E-state index is 12.9. The molecule has 0 aliphatic carbocycles. The molecule has 0 saturated carbocycles. The first-order chi connectivity index (χ1) is 17.7. The van der Waals surface area contributed by atoms with Crippen LogP contribution in [0, 0.1) is 17.0 Å². The molecule has 2 heterocycles. The number of carbonyl (C=O) groups excluding carboxylic acids is 2. The van der Waals surface area contributed by atoms with E-state index in [1.165, 1.54) is 19.2 Å². The van der Waals surface area contributed by atoms with Crippen molar-refractivity contribution >= 4 is 34.8 Å². The van der Waals surface area contributed by atoms with E-state index < -0.39 is 4.92 Å². The Bertz CT molecular complexity index is 1320. The predicted molar refractivity (Wildman–Crippen MR) is 140 cm³/mol. The highest BCUT2D eigenvalue weighted by Crippen LogP contribution is 2.30. The number of hydrogen-bond acceptors (Lipinski definition) is 6. The van der Waals surface area contributed by atoms with Crippen LogP contribution in [0.15, 0.2) is 54.7 Å². The number of hydrogen-bond donors (Lipinski definition) is 1. The van der Waals surface area contributed by atoms with Crippen LogP contribution >= 0.6 is 11.6 Å². The molecule has 3 aromatic rings. The second kappa shape index (κ2) is 11.4. The first-order valence-corrected chi connectivity index (χ1v) is 12.3. The lowest BCUT2D eigenvalue weighted by molar-refractivity contribution is -0.385. The second-order valence-electron chi connectivity index (χ2n) is 9.02. The average Bonchev–Trinajstić information content (AvgIpc) is 2.90. The summed E-state index contributed by atoms with van der Waals surface area (Å²) in [5.74, 6) is 0.200. The number of amides is 2. The van der Waals surface area contributed by atoms with Gasteiger partial charge in [0.05, 0.1) is 30.1 Å². The fourth-order valence-electron chi connectivity index (χ4n) is 4.50. The quantitative estimate of drug-likeness (QED) is 0.260. The summed E-state index contributed by atoms with van der Waals surface area (Å²) in [5.41, 5.74) is 3.21. The number of nitro benzene ring substituents is 1. The molecule has 0 radical (unpaired) electrons. The van der Waals surface area contributed by atoms with Crippen molar-refractivity contribution in [3.05, 3.63) is 92.2 Å². The molecule has 9 nitrogen and oxygen atoms in total. The number of methoxy groups -OCH3 is 1. The molecular weight excluding hydrogens is 496 g/mol. The lowest BCUT2D eigenvalue weighted by Crippen LogP contribution is -2.38. The van der Waals surface area contributed by atoms with Gasteiger partial charge in [0.1, 0.15) is 10.9 Å². The van der Waals surface area contributed by atoms with Gasteiger partial charge in [-0.3, -0.25) is 19.7 Å². The van der Waals surface area contributed by atoms with E-state index in [1.54, 1.807) is 18.3 Å². The fourth-order valence-corrected chi connectivity index (χ4v) is 4.68. The fraction of sp³-hybridized carbons (Fsp3) is 0.296. The van der Waals surface area contributed by atoms with Gasteiger partial charge >= 0.3 is 0 Å². The Hall–Kier alpha value is -3.98. The van der Waals surface area contributed by atoms with E-state index in [9.17, 15) is 19.7 Å². The van der Waals surface area contributed by atoms with Gasteiger partial charge in [-0.1, -0.05) is 23.7 Å². The lowest BCUT2D eigenvalue weighted by Gasteiger charge is -2.32. The van der Waals surface area contributed by atoms with Crippen LogP contribution in [0.3, 0.4) is 0 Å². The first kappa shape index (κ1) is 26.1. The third-order valence-corrected chi connectivity index (χ3v) is 6.80. The third-order valence-electron chi connectivity index (χ3n) is 6.49. The van der Waals surface area contributed by atoms with Gasteiger partial charge in [0, 0.05) is 30.5 Å². The minimum atomic E-state index is -0.523. The van der Waals surface area contributed by atoms with Crippen molar-refractivity contribution in [2.24, 2.45) is 0 Å². The summed E-state index contributed by atoms with van der Waals surface area (Å²) in [5, 5.41) is 14.4. The molecule has 1 aliphatic rings. The molecule has 2 aromatic carbocycles. The van der Waals surface area contributed by atoms with E-state index in [-0.39, 0.29) is 29.1 Å². The van der Waals surface area contributed by atoms with Crippen LogP contribution in [0.4, 0.5) is 11.4 Å². The molecule has 2 amide bonds. The summed E-state index contributed by atoms with van der Waals surface area (Å²) >= 11 is 6.14. The molecule has 0 atom stereocenters. The Morgan fingerprint density at radius 1 is 1.16 bits per heavy atom. The standard InChI is InChI=1S/C27H27ClN4O5/c1-17-13-23(26(28)29-16-17)27(34)31-11-9-19(10-12-31)18-3-6-21(7-4-18)30-25(33)14-20-5-8-22(37-2)15-24(20)32(35)36/h3-8,13,15-16,19H,9-12,14H2,1-2H3,(H,30,33). The molecule has 37 heavy (non-hydrogen) atoms. The molecule has 0 bridgehead atoms. The van der Waals surface area contributed by atoms with Crippen LogP contribution in [0.5, 0.6) is 5.75 Å². The first-order valence-electron chi connectivity index (χ1n) is 11.9. The Labute approximate surface area is 219 Å². The van der Waals surface area contributed by atoms with Crippen molar-refractivity contribution in [1.82, 2.24) is 9.88 Å². The number of benzene rings is 2. The number of pyridine rings is 1. The van der Waals surface area contributed by atoms with Crippen LogP contribution in [-0.2, 0) is 11.2 Å².